The van der Waals surface area contributed by atoms with E-state index in [-0.39, 0.29) is 17.5 Å². The fourth-order valence-electron chi connectivity index (χ4n) is 2.77. The van der Waals surface area contributed by atoms with Crippen LogP contribution in [0.25, 0.3) is 0 Å². The van der Waals surface area contributed by atoms with Gasteiger partial charge < -0.3 is 4.90 Å². The van der Waals surface area contributed by atoms with E-state index in [0.717, 1.165) is 17.0 Å². The fraction of sp³-hybridized carbons (Fsp3) is 0.294. The SMILES string of the molecule is N#CC(c1cccs1)N1CCN(C(=O)c2ccc(F)c(F)c2)CC1. The van der Waals surface area contributed by atoms with Gasteiger partial charge in [-0.15, -0.1) is 11.3 Å². The van der Waals surface area contributed by atoms with Gasteiger partial charge in [0, 0.05) is 36.6 Å². The number of benzene rings is 1. The van der Waals surface area contributed by atoms with Crippen molar-refractivity contribution in [3.63, 3.8) is 0 Å². The minimum Gasteiger partial charge on any atom is -0.336 e. The van der Waals surface area contributed by atoms with E-state index in [1.165, 1.54) is 17.4 Å². The number of hydrogen-bond donors (Lipinski definition) is 0. The summed E-state index contributed by atoms with van der Waals surface area (Å²) in [6.45, 7) is 2.01. The minimum absolute atomic E-state index is 0.137. The maximum absolute atomic E-state index is 13.3. The van der Waals surface area contributed by atoms with Crippen molar-refractivity contribution < 1.29 is 13.6 Å². The zero-order valence-electron chi connectivity index (χ0n) is 12.8. The molecule has 1 saturated heterocycles. The number of nitriles is 1. The van der Waals surface area contributed by atoms with Crippen LogP contribution in [0.3, 0.4) is 0 Å². The van der Waals surface area contributed by atoms with E-state index in [1.807, 2.05) is 22.4 Å². The molecule has 0 radical (unpaired) electrons. The topological polar surface area (TPSA) is 47.3 Å². The molecule has 2 aromatic rings. The lowest BCUT2D eigenvalue weighted by atomic mass is 10.1. The molecule has 0 bridgehead atoms. The van der Waals surface area contributed by atoms with Crippen LogP contribution in [0.2, 0.25) is 0 Å². The third-order valence-electron chi connectivity index (χ3n) is 4.07. The van der Waals surface area contributed by atoms with E-state index in [9.17, 15) is 18.8 Å². The van der Waals surface area contributed by atoms with Gasteiger partial charge in [0.1, 0.15) is 6.04 Å². The third-order valence-corrected chi connectivity index (χ3v) is 4.99. The van der Waals surface area contributed by atoms with Crippen molar-refractivity contribution in [1.29, 1.82) is 5.26 Å². The number of carbonyl (C=O) groups is 1. The molecule has 1 aliphatic rings. The third kappa shape index (κ3) is 3.30. The fourth-order valence-corrected chi connectivity index (χ4v) is 3.57. The highest BCUT2D eigenvalue weighted by molar-refractivity contribution is 7.10. The zero-order valence-corrected chi connectivity index (χ0v) is 13.6. The van der Waals surface area contributed by atoms with Crippen LogP contribution < -0.4 is 0 Å². The van der Waals surface area contributed by atoms with E-state index in [1.54, 1.807) is 4.90 Å². The van der Waals surface area contributed by atoms with Crippen molar-refractivity contribution in [3.8, 4) is 6.07 Å². The van der Waals surface area contributed by atoms with Crippen molar-refractivity contribution >= 4 is 17.2 Å². The Hall–Kier alpha value is -2.30. The Kier molecular flexibility index (Phi) is 4.88. The largest absolute Gasteiger partial charge is 0.336 e. The van der Waals surface area contributed by atoms with Crippen LogP contribution >= 0.6 is 11.3 Å². The Morgan fingerprint density at radius 3 is 2.50 bits per heavy atom. The molecule has 0 N–H and O–H groups in total. The Labute approximate surface area is 142 Å². The van der Waals surface area contributed by atoms with Crippen LogP contribution in [0, 0.1) is 23.0 Å². The Morgan fingerprint density at radius 1 is 1.17 bits per heavy atom. The van der Waals surface area contributed by atoms with Gasteiger partial charge in [0.15, 0.2) is 11.6 Å². The van der Waals surface area contributed by atoms with Crippen LogP contribution in [0.4, 0.5) is 8.78 Å². The van der Waals surface area contributed by atoms with Crippen LogP contribution in [0.15, 0.2) is 35.7 Å². The molecule has 7 heteroatoms. The van der Waals surface area contributed by atoms with Gasteiger partial charge >= 0.3 is 0 Å². The summed E-state index contributed by atoms with van der Waals surface area (Å²) >= 11 is 1.53. The quantitative estimate of drug-likeness (QED) is 0.857. The van der Waals surface area contributed by atoms with Crippen molar-refractivity contribution in [2.75, 3.05) is 26.2 Å². The Balaban J connectivity index is 1.65. The van der Waals surface area contributed by atoms with Gasteiger partial charge in [-0.3, -0.25) is 9.69 Å². The molecular weight excluding hydrogens is 332 g/mol. The highest BCUT2D eigenvalue weighted by atomic mass is 32.1. The number of amides is 1. The van der Waals surface area contributed by atoms with E-state index in [4.69, 9.17) is 0 Å². The Morgan fingerprint density at radius 2 is 1.92 bits per heavy atom. The molecule has 4 nitrogen and oxygen atoms in total. The molecule has 0 spiro atoms. The zero-order chi connectivity index (χ0) is 17.1. The summed E-state index contributed by atoms with van der Waals surface area (Å²) in [4.78, 5) is 17.0. The van der Waals surface area contributed by atoms with Gasteiger partial charge in [0.25, 0.3) is 5.91 Å². The molecule has 3 rings (SSSR count). The number of carbonyl (C=O) groups excluding carboxylic acids is 1. The molecule has 0 aliphatic carbocycles. The van der Waals surface area contributed by atoms with E-state index < -0.39 is 11.6 Å². The van der Waals surface area contributed by atoms with Gasteiger partial charge in [-0.25, -0.2) is 8.78 Å². The molecule has 2 heterocycles. The van der Waals surface area contributed by atoms with Gasteiger partial charge in [-0.05, 0) is 29.6 Å². The van der Waals surface area contributed by atoms with Crippen molar-refractivity contribution in [3.05, 3.63) is 57.8 Å². The normalized spacial score (nSPS) is 16.6. The van der Waals surface area contributed by atoms with Crippen LogP contribution in [0.5, 0.6) is 0 Å². The van der Waals surface area contributed by atoms with Gasteiger partial charge in [0.05, 0.1) is 6.07 Å². The summed E-state index contributed by atoms with van der Waals surface area (Å²) in [5.41, 5.74) is 0.137. The molecule has 1 atom stereocenters. The lowest BCUT2D eigenvalue weighted by molar-refractivity contribution is 0.0607. The summed E-state index contributed by atoms with van der Waals surface area (Å²) < 4.78 is 26.3. The number of piperazine rings is 1. The van der Waals surface area contributed by atoms with Crippen LogP contribution in [-0.4, -0.2) is 41.9 Å². The first-order valence-electron chi connectivity index (χ1n) is 7.51. The van der Waals surface area contributed by atoms with E-state index in [2.05, 4.69) is 6.07 Å². The van der Waals surface area contributed by atoms with E-state index in [0.29, 0.717) is 26.2 Å². The number of rotatable bonds is 3. The second-order valence-corrected chi connectivity index (χ2v) is 6.48. The van der Waals surface area contributed by atoms with E-state index >= 15 is 0 Å². The maximum Gasteiger partial charge on any atom is 0.254 e. The summed E-state index contributed by atoms with van der Waals surface area (Å²) in [5.74, 6) is -2.32. The van der Waals surface area contributed by atoms with Gasteiger partial charge in [0.2, 0.25) is 0 Å². The summed E-state index contributed by atoms with van der Waals surface area (Å²) in [7, 11) is 0. The second kappa shape index (κ2) is 7.07. The molecule has 1 aliphatic heterocycles. The average molecular weight is 347 g/mol. The lowest BCUT2D eigenvalue weighted by Crippen LogP contribution is -2.49. The predicted molar refractivity (Wildman–Crippen MR) is 86.5 cm³/mol. The molecule has 124 valence electrons. The van der Waals surface area contributed by atoms with Gasteiger partial charge in [-0.2, -0.15) is 5.26 Å². The summed E-state index contributed by atoms with van der Waals surface area (Å²) in [5, 5.41) is 11.4. The number of halogens is 2. The maximum atomic E-state index is 13.3. The molecule has 1 aromatic carbocycles. The molecule has 1 fully saturated rings. The highest BCUT2D eigenvalue weighted by Crippen LogP contribution is 2.25. The first-order valence-corrected chi connectivity index (χ1v) is 8.39. The molecule has 1 amide bonds. The summed E-state index contributed by atoms with van der Waals surface area (Å²) in [6.07, 6.45) is 0. The highest BCUT2D eigenvalue weighted by Gasteiger charge is 2.28. The number of nitrogens with zero attached hydrogens (tertiary/aromatic N) is 3. The number of hydrogen-bond acceptors (Lipinski definition) is 4. The van der Waals surface area contributed by atoms with Crippen LogP contribution in [0.1, 0.15) is 21.3 Å². The smallest absolute Gasteiger partial charge is 0.254 e. The van der Waals surface area contributed by atoms with Crippen molar-refractivity contribution in [1.82, 2.24) is 9.80 Å². The first-order chi connectivity index (χ1) is 11.6. The van der Waals surface area contributed by atoms with Crippen molar-refractivity contribution in [2.45, 2.75) is 6.04 Å². The molecule has 1 unspecified atom stereocenters. The molecule has 0 saturated carbocycles. The van der Waals surface area contributed by atoms with Crippen molar-refractivity contribution in [2.24, 2.45) is 0 Å². The lowest BCUT2D eigenvalue weighted by Gasteiger charge is -2.36. The standard InChI is InChI=1S/C17H15F2N3OS/c18-13-4-3-12(10-14(13)19)17(23)22-7-5-21(6-8-22)15(11-20)16-2-1-9-24-16/h1-4,9-10,15H,5-8H2. The number of thiophene rings is 1. The minimum atomic E-state index is -1.03. The molecular formula is C17H15F2N3OS. The molecule has 1 aromatic heterocycles. The summed E-state index contributed by atoms with van der Waals surface area (Å²) in [6, 6.07) is 9.00. The average Bonchev–Trinajstić information content (AvgIpc) is 3.12. The first kappa shape index (κ1) is 16.6. The second-order valence-electron chi connectivity index (χ2n) is 5.50. The monoisotopic (exact) mass is 347 g/mol. The van der Waals surface area contributed by atoms with Gasteiger partial charge in [-0.1, -0.05) is 6.07 Å². The predicted octanol–water partition coefficient (Wildman–Crippen LogP) is 3.05. The Bertz CT molecular complexity index is 765. The molecule has 24 heavy (non-hydrogen) atoms. The van der Waals surface area contributed by atoms with Crippen LogP contribution in [-0.2, 0) is 0 Å².